The quantitative estimate of drug-likeness (QED) is 0.795. The lowest BCUT2D eigenvalue weighted by Gasteiger charge is -2.44. The molecule has 1 amide bonds. The molecule has 2 fully saturated rings. The molecule has 1 atom stereocenters. The molecule has 2 aliphatic heterocycles. The van der Waals surface area contributed by atoms with Gasteiger partial charge in [0, 0.05) is 36.9 Å². The van der Waals surface area contributed by atoms with Crippen molar-refractivity contribution in [3.8, 4) is 0 Å². The summed E-state index contributed by atoms with van der Waals surface area (Å²) in [7, 11) is 0. The van der Waals surface area contributed by atoms with Gasteiger partial charge in [0.25, 0.3) is 5.91 Å². The zero-order chi connectivity index (χ0) is 14.1. The summed E-state index contributed by atoms with van der Waals surface area (Å²) in [5.41, 5.74) is 8.32. The van der Waals surface area contributed by atoms with Gasteiger partial charge in [0.05, 0.1) is 0 Å². The Labute approximate surface area is 120 Å². The predicted molar refractivity (Wildman–Crippen MR) is 80.7 cm³/mol. The highest BCUT2D eigenvalue weighted by atomic mass is 16.2. The molecule has 3 rings (SSSR count). The summed E-state index contributed by atoms with van der Waals surface area (Å²) >= 11 is 0. The molecule has 108 valence electrons. The van der Waals surface area contributed by atoms with Gasteiger partial charge >= 0.3 is 0 Å². The first-order valence-electron chi connectivity index (χ1n) is 7.54. The number of amides is 1. The Morgan fingerprint density at radius 1 is 1.25 bits per heavy atom. The number of nitrogens with zero attached hydrogens (tertiary/aromatic N) is 2. The van der Waals surface area contributed by atoms with Crippen molar-refractivity contribution in [2.24, 2.45) is 0 Å². The summed E-state index contributed by atoms with van der Waals surface area (Å²) in [6.45, 7) is 5.89. The summed E-state index contributed by atoms with van der Waals surface area (Å²) < 4.78 is 0. The van der Waals surface area contributed by atoms with Crippen LogP contribution in [0.2, 0.25) is 0 Å². The Kier molecular flexibility index (Phi) is 3.66. The van der Waals surface area contributed by atoms with Crippen molar-refractivity contribution in [3.63, 3.8) is 0 Å². The number of nitrogen functional groups attached to an aromatic ring is 1. The summed E-state index contributed by atoms with van der Waals surface area (Å²) in [5.74, 6) is 0.151. The van der Waals surface area contributed by atoms with Gasteiger partial charge in [0.2, 0.25) is 0 Å². The number of carbonyl (C=O) groups is 1. The number of piperazine rings is 1. The number of carbonyl (C=O) groups excluding carboxylic acids is 1. The number of anilines is 1. The summed E-state index contributed by atoms with van der Waals surface area (Å²) in [6, 6.07) is 6.15. The van der Waals surface area contributed by atoms with Gasteiger partial charge in [-0.25, -0.2) is 0 Å². The van der Waals surface area contributed by atoms with E-state index in [2.05, 4.69) is 4.90 Å². The Hall–Kier alpha value is -1.55. The van der Waals surface area contributed by atoms with E-state index in [9.17, 15) is 4.79 Å². The van der Waals surface area contributed by atoms with Crippen LogP contribution >= 0.6 is 0 Å². The first-order chi connectivity index (χ1) is 9.65. The third kappa shape index (κ3) is 2.52. The molecule has 0 aliphatic carbocycles. The van der Waals surface area contributed by atoms with Gasteiger partial charge in [-0.15, -0.1) is 0 Å². The van der Waals surface area contributed by atoms with Gasteiger partial charge < -0.3 is 10.6 Å². The van der Waals surface area contributed by atoms with Gasteiger partial charge in [-0.2, -0.15) is 0 Å². The first-order valence-corrected chi connectivity index (χ1v) is 7.54. The molecule has 2 heterocycles. The lowest BCUT2D eigenvalue weighted by atomic mass is 9.99. The van der Waals surface area contributed by atoms with E-state index < -0.39 is 0 Å². The summed E-state index contributed by atoms with van der Waals surface area (Å²) in [4.78, 5) is 17.2. The van der Waals surface area contributed by atoms with Crippen molar-refractivity contribution in [2.45, 2.75) is 32.2 Å². The van der Waals surface area contributed by atoms with Crippen molar-refractivity contribution in [1.82, 2.24) is 9.80 Å². The molecule has 2 N–H and O–H groups in total. The number of hydrogen-bond acceptors (Lipinski definition) is 3. The van der Waals surface area contributed by atoms with E-state index in [0.29, 0.717) is 6.04 Å². The maximum Gasteiger partial charge on any atom is 0.253 e. The molecule has 0 radical (unpaired) electrons. The maximum atomic E-state index is 12.6. The lowest BCUT2D eigenvalue weighted by Crippen LogP contribution is -2.56. The highest BCUT2D eigenvalue weighted by molar-refractivity contribution is 5.95. The number of aryl methyl sites for hydroxylation is 1. The minimum absolute atomic E-state index is 0.151. The van der Waals surface area contributed by atoms with Crippen LogP contribution in [0.5, 0.6) is 0 Å². The Balaban J connectivity index is 1.72. The fraction of sp³-hybridized carbons (Fsp3) is 0.562. The maximum absolute atomic E-state index is 12.6. The number of fused-ring (bicyclic) bond motifs is 1. The van der Waals surface area contributed by atoms with E-state index in [1.807, 2.05) is 30.0 Å². The molecule has 2 saturated heterocycles. The highest BCUT2D eigenvalue weighted by Gasteiger charge is 2.31. The van der Waals surface area contributed by atoms with E-state index in [0.717, 1.165) is 36.4 Å². The van der Waals surface area contributed by atoms with Crippen LogP contribution in [-0.4, -0.2) is 47.9 Å². The smallest absolute Gasteiger partial charge is 0.253 e. The van der Waals surface area contributed by atoms with Crippen LogP contribution in [0.15, 0.2) is 18.2 Å². The molecule has 0 spiro atoms. The highest BCUT2D eigenvalue weighted by Crippen LogP contribution is 2.22. The van der Waals surface area contributed by atoms with Crippen LogP contribution in [0.1, 0.15) is 35.2 Å². The van der Waals surface area contributed by atoms with Gasteiger partial charge in [0.15, 0.2) is 0 Å². The molecule has 0 saturated carbocycles. The lowest BCUT2D eigenvalue weighted by molar-refractivity contribution is 0.0372. The van der Waals surface area contributed by atoms with Gasteiger partial charge in [0.1, 0.15) is 0 Å². The van der Waals surface area contributed by atoms with Crippen molar-refractivity contribution >= 4 is 11.6 Å². The normalized spacial score (nSPS) is 23.4. The average Bonchev–Trinajstić information content (AvgIpc) is 2.49. The number of rotatable bonds is 1. The van der Waals surface area contributed by atoms with E-state index in [1.54, 1.807) is 0 Å². The fourth-order valence-electron chi connectivity index (χ4n) is 3.33. The molecular weight excluding hydrogens is 250 g/mol. The third-order valence-electron chi connectivity index (χ3n) is 4.64. The van der Waals surface area contributed by atoms with Gasteiger partial charge in [-0.05, 0) is 50.1 Å². The number of benzene rings is 1. The molecule has 2 aliphatic rings. The zero-order valence-electron chi connectivity index (χ0n) is 12.1. The number of nitrogens with two attached hydrogens (primary N) is 1. The van der Waals surface area contributed by atoms with Crippen molar-refractivity contribution < 1.29 is 4.79 Å². The van der Waals surface area contributed by atoms with Crippen molar-refractivity contribution in [3.05, 3.63) is 29.3 Å². The van der Waals surface area contributed by atoms with E-state index in [-0.39, 0.29) is 5.91 Å². The SMILES string of the molecule is Cc1cc(C(=O)N2CCN3CCCCC3C2)ccc1N. The van der Waals surface area contributed by atoms with Crippen LogP contribution in [0.4, 0.5) is 5.69 Å². The minimum Gasteiger partial charge on any atom is -0.399 e. The molecule has 20 heavy (non-hydrogen) atoms. The molecule has 4 heteroatoms. The molecule has 4 nitrogen and oxygen atoms in total. The predicted octanol–water partition coefficient (Wildman–Crippen LogP) is 1.89. The third-order valence-corrected chi connectivity index (χ3v) is 4.64. The van der Waals surface area contributed by atoms with Crippen molar-refractivity contribution in [2.75, 3.05) is 31.9 Å². The molecule has 1 unspecified atom stereocenters. The topological polar surface area (TPSA) is 49.6 Å². The molecule has 0 aromatic heterocycles. The second-order valence-corrected chi connectivity index (χ2v) is 6.01. The molecule has 0 bridgehead atoms. The Morgan fingerprint density at radius 3 is 2.90 bits per heavy atom. The van der Waals surface area contributed by atoms with Crippen LogP contribution in [0, 0.1) is 6.92 Å². The second kappa shape index (κ2) is 5.44. The Bertz CT molecular complexity index is 514. The molecular formula is C16H23N3O. The molecule has 1 aromatic rings. The largest absolute Gasteiger partial charge is 0.399 e. The van der Waals surface area contributed by atoms with Crippen LogP contribution in [0.25, 0.3) is 0 Å². The van der Waals surface area contributed by atoms with Crippen LogP contribution in [0.3, 0.4) is 0 Å². The summed E-state index contributed by atoms with van der Waals surface area (Å²) in [6.07, 6.45) is 3.83. The van der Waals surface area contributed by atoms with Gasteiger partial charge in [-0.3, -0.25) is 9.69 Å². The second-order valence-electron chi connectivity index (χ2n) is 6.01. The van der Waals surface area contributed by atoms with Crippen LogP contribution in [-0.2, 0) is 0 Å². The number of piperidine rings is 1. The standard InChI is InChI=1S/C16H23N3O/c1-12-10-13(5-6-15(12)17)16(20)19-9-8-18-7-3-2-4-14(18)11-19/h5-6,10,14H,2-4,7-9,11,17H2,1H3. The molecule has 1 aromatic carbocycles. The van der Waals surface area contributed by atoms with Crippen LogP contribution < -0.4 is 5.73 Å². The zero-order valence-corrected chi connectivity index (χ0v) is 12.1. The minimum atomic E-state index is 0.151. The van der Waals surface area contributed by atoms with Gasteiger partial charge in [-0.1, -0.05) is 6.42 Å². The monoisotopic (exact) mass is 273 g/mol. The average molecular weight is 273 g/mol. The number of hydrogen-bond donors (Lipinski definition) is 1. The fourth-order valence-corrected chi connectivity index (χ4v) is 3.33. The Morgan fingerprint density at radius 2 is 2.10 bits per heavy atom. The van der Waals surface area contributed by atoms with E-state index >= 15 is 0 Å². The summed E-state index contributed by atoms with van der Waals surface area (Å²) in [5, 5.41) is 0. The van der Waals surface area contributed by atoms with E-state index in [4.69, 9.17) is 5.73 Å². The first kappa shape index (κ1) is 13.4. The van der Waals surface area contributed by atoms with Crippen molar-refractivity contribution in [1.29, 1.82) is 0 Å². The van der Waals surface area contributed by atoms with E-state index in [1.165, 1.54) is 25.8 Å².